The summed E-state index contributed by atoms with van der Waals surface area (Å²) in [6.45, 7) is 0.692. The third-order valence-corrected chi connectivity index (χ3v) is 4.42. The number of carbonyl (C=O) groups excluding carboxylic acids is 1. The van der Waals surface area contributed by atoms with Gasteiger partial charge in [0.1, 0.15) is 11.5 Å². The van der Waals surface area contributed by atoms with Crippen LogP contribution in [0.5, 0.6) is 11.5 Å². The highest BCUT2D eigenvalue weighted by Gasteiger charge is 2.44. The van der Waals surface area contributed by atoms with E-state index in [4.69, 9.17) is 10.5 Å². The third-order valence-electron chi connectivity index (χ3n) is 4.42. The van der Waals surface area contributed by atoms with E-state index < -0.39 is 0 Å². The molecule has 2 aliphatic rings. The fourth-order valence-corrected chi connectivity index (χ4v) is 3.43. The van der Waals surface area contributed by atoms with Crippen molar-refractivity contribution in [3.8, 4) is 11.5 Å². The van der Waals surface area contributed by atoms with Crippen LogP contribution in [0.4, 0.5) is 5.69 Å². The third kappa shape index (κ3) is 1.72. The molecule has 2 aromatic rings. The van der Waals surface area contributed by atoms with Gasteiger partial charge in [0.15, 0.2) is 0 Å². The van der Waals surface area contributed by atoms with Gasteiger partial charge < -0.3 is 15.4 Å². The van der Waals surface area contributed by atoms with E-state index in [1.807, 2.05) is 49.5 Å². The molecule has 4 rings (SSSR count). The summed E-state index contributed by atoms with van der Waals surface area (Å²) in [5.41, 5.74) is 8.62. The van der Waals surface area contributed by atoms with Crippen molar-refractivity contribution in [2.24, 2.45) is 0 Å². The van der Waals surface area contributed by atoms with E-state index in [1.165, 1.54) is 0 Å². The van der Waals surface area contributed by atoms with Crippen molar-refractivity contribution in [2.75, 3.05) is 19.3 Å². The number of carbonyl (C=O) groups is 1. The van der Waals surface area contributed by atoms with Crippen LogP contribution in [0.25, 0.3) is 0 Å². The van der Waals surface area contributed by atoms with Crippen LogP contribution in [0, 0.1) is 0 Å². The first-order valence-electron chi connectivity index (χ1n) is 7.06. The molecule has 0 radical (unpaired) electrons. The van der Waals surface area contributed by atoms with Gasteiger partial charge in [-0.3, -0.25) is 4.79 Å². The average Bonchev–Trinajstić information content (AvgIpc) is 2.70. The topological polar surface area (TPSA) is 55.6 Å². The maximum Gasteiger partial charge on any atom is 0.230 e. The van der Waals surface area contributed by atoms with Crippen molar-refractivity contribution in [3.63, 3.8) is 0 Å². The first kappa shape index (κ1) is 12.3. The predicted octanol–water partition coefficient (Wildman–Crippen LogP) is 2.71. The minimum atomic E-state index is -0.186. The lowest BCUT2D eigenvalue weighted by molar-refractivity contribution is -0.127. The zero-order chi connectivity index (χ0) is 14.6. The number of ether oxygens (including phenoxy) is 1. The SMILES string of the molecule is CN1C[C@@H]2c3cc(N)ccc3Oc3ccccc3[C@H]2C1=O. The number of anilines is 1. The molecular weight excluding hydrogens is 264 g/mol. The molecule has 1 amide bonds. The first-order chi connectivity index (χ1) is 10.1. The number of hydrogen-bond acceptors (Lipinski definition) is 3. The van der Waals surface area contributed by atoms with Gasteiger partial charge in [-0.25, -0.2) is 0 Å². The maximum atomic E-state index is 12.6. The number of para-hydroxylation sites is 1. The summed E-state index contributed by atoms with van der Waals surface area (Å²) in [7, 11) is 1.85. The summed E-state index contributed by atoms with van der Waals surface area (Å²) in [6, 6.07) is 13.5. The second kappa shape index (κ2) is 4.25. The molecular formula is C17H16N2O2. The van der Waals surface area contributed by atoms with Crippen LogP contribution in [-0.4, -0.2) is 24.4 Å². The molecule has 1 saturated heterocycles. The molecule has 1 fully saturated rings. The number of fused-ring (bicyclic) bond motifs is 5. The predicted molar refractivity (Wildman–Crippen MR) is 80.5 cm³/mol. The van der Waals surface area contributed by atoms with E-state index in [0.29, 0.717) is 12.2 Å². The van der Waals surface area contributed by atoms with Crippen LogP contribution in [0.3, 0.4) is 0 Å². The van der Waals surface area contributed by atoms with Crippen LogP contribution in [0.15, 0.2) is 42.5 Å². The Morgan fingerprint density at radius 1 is 1.14 bits per heavy atom. The number of rotatable bonds is 0. The Kier molecular flexibility index (Phi) is 2.48. The molecule has 0 bridgehead atoms. The number of likely N-dealkylation sites (N-methyl/N-ethyl adjacent to an activating group) is 1. The van der Waals surface area contributed by atoms with Gasteiger partial charge in [0, 0.05) is 36.3 Å². The number of likely N-dealkylation sites (tertiary alicyclic amines) is 1. The fourth-order valence-electron chi connectivity index (χ4n) is 3.43. The van der Waals surface area contributed by atoms with Gasteiger partial charge in [-0.2, -0.15) is 0 Å². The Morgan fingerprint density at radius 3 is 2.76 bits per heavy atom. The first-order valence-corrected chi connectivity index (χ1v) is 7.06. The maximum absolute atomic E-state index is 12.6. The Hall–Kier alpha value is -2.49. The van der Waals surface area contributed by atoms with Gasteiger partial charge in [-0.1, -0.05) is 18.2 Å². The molecule has 2 heterocycles. The summed E-state index contributed by atoms with van der Waals surface area (Å²) < 4.78 is 6.05. The van der Waals surface area contributed by atoms with E-state index in [9.17, 15) is 4.79 Å². The highest BCUT2D eigenvalue weighted by Crippen LogP contribution is 2.50. The van der Waals surface area contributed by atoms with Crippen molar-refractivity contribution in [2.45, 2.75) is 11.8 Å². The summed E-state index contributed by atoms with van der Waals surface area (Å²) in [6.07, 6.45) is 0. The highest BCUT2D eigenvalue weighted by atomic mass is 16.5. The van der Waals surface area contributed by atoms with Gasteiger partial charge in [-0.05, 0) is 24.3 Å². The smallest absolute Gasteiger partial charge is 0.230 e. The number of nitrogen functional groups attached to an aromatic ring is 1. The van der Waals surface area contributed by atoms with Crippen molar-refractivity contribution in [1.82, 2.24) is 4.90 Å². The second-order valence-electron chi connectivity index (χ2n) is 5.74. The van der Waals surface area contributed by atoms with Gasteiger partial charge in [0.2, 0.25) is 5.91 Å². The number of hydrogen-bond donors (Lipinski definition) is 1. The van der Waals surface area contributed by atoms with Crippen LogP contribution in [0.1, 0.15) is 23.0 Å². The monoisotopic (exact) mass is 280 g/mol. The summed E-state index contributed by atoms with van der Waals surface area (Å²) in [5.74, 6) is 1.61. The fraction of sp³-hybridized carbons (Fsp3) is 0.235. The summed E-state index contributed by atoms with van der Waals surface area (Å²) in [5, 5.41) is 0. The molecule has 0 spiro atoms. The average molecular weight is 280 g/mol. The summed E-state index contributed by atoms with van der Waals surface area (Å²) in [4.78, 5) is 14.4. The van der Waals surface area contributed by atoms with E-state index in [0.717, 1.165) is 22.6 Å². The lowest BCUT2D eigenvalue weighted by atomic mass is 9.83. The number of amides is 1. The molecule has 0 saturated carbocycles. The standard InChI is InChI=1S/C17H16N2O2/c1-19-9-13-12-8-10(18)6-7-15(12)21-14-5-3-2-4-11(14)16(13)17(19)20/h2-8,13,16H,9,18H2,1H3/t13-,16-/m1/s1. The van der Waals surface area contributed by atoms with Crippen molar-refractivity contribution in [1.29, 1.82) is 0 Å². The van der Waals surface area contributed by atoms with Gasteiger partial charge >= 0.3 is 0 Å². The molecule has 2 N–H and O–H groups in total. The van der Waals surface area contributed by atoms with Crippen LogP contribution >= 0.6 is 0 Å². The zero-order valence-electron chi connectivity index (χ0n) is 11.7. The molecule has 2 atom stereocenters. The molecule has 2 aliphatic heterocycles. The van der Waals surface area contributed by atoms with Crippen LogP contribution in [-0.2, 0) is 4.79 Å². The Morgan fingerprint density at radius 2 is 1.90 bits per heavy atom. The Bertz CT molecular complexity index is 741. The molecule has 0 aliphatic carbocycles. The minimum Gasteiger partial charge on any atom is -0.457 e. The van der Waals surface area contributed by atoms with Crippen molar-refractivity contribution < 1.29 is 9.53 Å². The van der Waals surface area contributed by atoms with Gasteiger partial charge in [0.05, 0.1) is 5.92 Å². The van der Waals surface area contributed by atoms with Crippen molar-refractivity contribution >= 4 is 11.6 Å². The highest BCUT2D eigenvalue weighted by molar-refractivity contribution is 5.89. The lowest BCUT2D eigenvalue weighted by Gasteiger charge is -2.15. The molecule has 2 aromatic carbocycles. The van der Waals surface area contributed by atoms with Crippen LogP contribution in [0.2, 0.25) is 0 Å². The lowest BCUT2D eigenvalue weighted by Crippen LogP contribution is -2.21. The summed E-state index contributed by atoms with van der Waals surface area (Å²) >= 11 is 0. The molecule has 21 heavy (non-hydrogen) atoms. The Balaban J connectivity index is 1.98. The van der Waals surface area contributed by atoms with E-state index in [-0.39, 0.29) is 17.7 Å². The zero-order valence-corrected chi connectivity index (χ0v) is 11.7. The quantitative estimate of drug-likeness (QED) is 0.755. The minimum absolute atomic E-state index is 0.0876. The molecule has 4 nitrogen and oxygen atoms in total. The van der Waals surface area contributed by atoms with E-state index in [1.54, 1.807) is 4.90 Å². The van der Waals surface area contributed by atoms with Gasteiger partial charge in [-0.15, -0.1) is 0 Å². The number of nitrogens with zero attached hydrogens (tertiary/aromatic N) is 1. The normalized spacial score (nSPS) is 22.9. The largest absolute Gasteiger partial charge is 0.457 e. The van der Waals surface area contributed by atoms with Crippen molar-refractivity contribution in [3.05, 3.63) is 53.6 Å². The molecule has 106 valence electrons. The Labute approximate surface area is 123 Å². The molecule has 0 aromatic heterocycles. The van der Waals surface area contributed by atoms with Gasteiger partial charge in [0.25, 0.3) is 0 Å². The van der Waals surface area contributed by atoms with E-state index in [2.05, 4.69) is 0 Å². The second-order valence-corrected chi connectivity index (χ2v) is 5.74. The molecule has 0 unspecified atom stereocenters. The molecule has 4 heteroatoms. The van der Waals surface area contributed by atoms with E-state index >= 15 is 0 Å². The van der Waals surface area contributed by atoms with Crippen LogP contribution < -0.4 is 10.5 Å². The number of nitrogens with two attached hydrogens (primary N) is 1. The number of benzene rings is 2.